The molecular formula is C20H18N4O3S. The molecule has 1 amide bonds. The minimum absolute atomic E-state index is 0.154. The lowest BCUT2D eigenvalue weighted by Crippen LogP contribution is -2.23. The quantitative estimate of drug-likeness (QED) is 0.458. The summed E-state index contributed by atoms with van der Waals surface area (Å²) < 4.78 is 11.0. The fourth-order valence-corrected chi connectivity index (χ4v) is 3.46. The van der Waals surface area contributed by atoms with Gasteiger partial charge in [0.25, 0.3) is 0 Å². The highest BCUT2D eigenvalue weighted by atomic mass is 32.2. The van der Waals surface area contributed by atoms with Crippen molar-refractivity contribution in [1.29, 1.82) is 0 Å². The van der Waals surface area contributed by atoms with Crippen LogP contribution in [0.15, 0.2) is 69.1 Å². The van der Waals surface area contributed by atoms with Crippen LogP contribution >= 0.6 is 11.8 Å². The van der Waals surface area contributed by atoms with Crippen molar-refractivity contribution in [2.24, 2.45) is 0 Å². The molecule has 28 heavy (non-hydrogen) atoms. The number of imidazole rings is 1. The Hall–Kier alpha value is -3.26. The average molecular weight is 394 g/mol. The van der Waals surface area contributed by atoms with E-state index < -0.39 is 0 Å². The molecule has 0 saturated carbocycles. The minimum atomic E-state index is -0.387. The van der Waals surface area contributed by atoms with E-state index in [-0.39, 0.29) is 11.2 Å². The van der Waals surface area contributed by atoms with E-state index in [0.717, 1.165) is 5.56 Å². The van der Waals surface area contributed by atoms with Crippen molar-refractivity contribution < 1.29 is 13.6 Å². The summed E-state index contributed by atoms with van der Waals surface area (Å²) >= 11 is 1.31. The molecule has 0 bridgehead atoms. The fraction of sp³-hybridized carbons (Fsp3) is 0.150. The van der Waals surface area contributed by atoms with E-state index >= 15 is 0 Å². The molecule has 4 aromatic rings. The van der Waals surface area contributed by atoms with Crippen LogP contribution in [-0.2, 0) is 4.79 Å². The van der Waals surface area contributed by atoms with E-state index in [0.29, 0.717) is 33.9 Å². The van der Waals surface area contributed by atoms with E-state index in [1.165, 1.54) is 11.8 Å². The molecule has 1 atom stereocenters. The zero-order chi connectivity index (χ0) is 19.5. The number of hydrogen-bond acceptors (Lipinski definition) is 6. The van der Waals surface area contributed by atoms with Gasteiger partial charge >= 0.3 is 0 Å². The third-order valence-electron chi connectivity index (χ3n) is 4.03. The van der Waals surface area contributed by atoms with Crippen LogP contribution in [0.5, 0.6) is 0 Å². The number of pyridine rings is 1. The van der Waals surface area contributed by atoms with Crippen molar-refractivity contribution in [2.45, 2.75) is 24.3 Å². The van der Waals surface area contributed by atoms with E-state index in [4.69, 9.17) is 8.83 Å². The number of aromatic nitrogens is 3. The molecule has 142 valence electrons. The molecule has 2 N–H and O–H groups in total. The Morgan fingerprint density at radius 1 is 1.18 bits per heavy atom. The van der Waals surface area contributed by atoms with Gasteiger partial charge < -0.3 is 19.1 Å². The number of amides is 1. The molecule has 0 aliphatic heterocycles. The highest BCUT2D eigenvalue weighted by Crippen LogP contribution is 2.34. The first-order chi connectivity index (χ1) is 13.6. The summed E-state index contributed by atoms with van der Waals surface area (Å²) in [5.74, 6) is 1.64. The SMILES string of the molecule is Cc1ccnc(NC(=O)C(C)Sc2nc(-c3ccco3)c(-c3ccco3)[nH]2)c1. The van der Waals surface area contributed by atoms with Crippen molar-refractivity contribution in [1.82, 2.24) is 15.0 Å². The highest BCUT2D eigenvalue weighted by molar-refractivity contribution is 8.00. The lowest BCUT2D eigenvalue weighted by molar-refractivity contribution is -0.115. The van der Waals surface area contributed by atoms with E-state index in [2.05, 4.69) is 20.3 Å². The maximum absolute atomic E-state index is 12.5. The van der Waals surface area contributed by atoms with Gasteiger partial charge in [0.05, 0.1) is 17.8 Å². The third-order valence-corrected chi connectivity index (χ3v) is 5.01. The van der Waals surface area contributed by atoms with Crippen LogP contribution in [0.3, 0.4) is 0 Å². The van der Waals surface area contributed by atoms with Crippen molar-refractivity contribution in [3.05, 3.63) is 60.7 Å². The molecule has 0 aliphatic carbocycles. The first kappa shape index (κ1) is 18.1. The number of nitrogens with one attached hydrogen (secondary N) is 2. The first-order valence-electron chi connectivity index (χ1n) is 8.68. The molecule has 0 radical (unpaired) electrons. The van der Waals surface area contributed by atoms with Crippen LogP contribution < -0.4 is 5.32 Å². The number of carbonyl (C=O) groups is 1. The smallest absolute Gasteiger partial charge is 0.238 e. The number of H-pyrrole nitrogens is 1. The predicted molar refractivity (Wildman–Crippen MR) is 107 cm³/mol. The number of rotatable bonds is 6. The Labute approximate surface area is 165 Å². The van der Waals surface area contributed by atoms with Gasteiger partial charge in [0, 0.05) is 6.20 Å². The monoisotopic (exact) mass is 394 g/mol. The van der Waals surface area contributed by atoms with Gasteiger partial charge in [0.15, 0.2) is 16.7 Å². The summed E-state index contributed by atoms with van der Waals surface area (Å²) in [5, 5.41) is 3.04. The second kappa shape index (κ2) is 7.77. The van der Waals surface area contributed by atoms with Gasteiger partial charge in [-0.2, -0.15) is 0 Å². The fourth-order valence-electron chi connectivity index (χ4n) is 2.65. The number of aryl methyl sites for hydroxylation is 1. The minimum Gasteiger partial charge on any atom is -0.463 e. The van der Waals surface area contributed by atoms with Gasteiger partial charge in [0.2, 0.25) is 5.91 Å². The zero-order valence-electron chi connectivity index (χ0n) is 15.3. The predicted octanol–water partition coefficient (Wildman–Crippen LogP) is 4.75. The lowest BCUT2D eigenvalue weighted by Gasteiger charge is -2.10. The number of thioether (sulfide) groups is 1. The van der Waals surface area contributed by atoms with Gasteiger partial charge in [-0.05, 0) is 55.8 Å². The second-order valence-electron chi connectivity index (χ2n) is 6.19. The molecule has 4 heterocycles. The Kier molecular flexibility index (Phi) is 5.03. The molecule has 4 rings (SSSR count). The summed E-state index contributed by atoms with van der Waals surface area (Å²) in [6, 6.07) is 11.0. The van der Waals surface area contributed by atoms with Crippen LogP contribution in [-0.4, -0.2) is 26.1 Å². The number of hydrogen-bond donors (Lipinski definition) is 2. The largest absolute Gasteiger partial charge is 0.463 e. The summed E-state index contributed by atoms with van der Waals surface area (Å²) in [6.45, 7) is 3.77. The van der Waals surface area contributed by atoms with Gasteiger partial charge in [-0.25, -0.2) is 9.97 Å². The van der Waals surface area contributed by atoms with Gasteiger partial charge in [-0.15, -0.1) is 0 Å². The molecule has 1 unspecified atom stereocenters. The van der Waals surface area contributed by atoms with Crippen molar-refractivity contribution >= 4 is 23.5 Å². The average Bonchev–Trinajstić information content (AvgIpc) is 3.42. The Bertz CT molecular complexity index is 1020. The van der Waals surface area contributed by atoms with Gasteiger partial charge in [-0.3, -0.25) is 4.79 Å². The van der Waals surface area contributed by atoms with Crippen LogP contribution in [0.25, 0.3) is 22.9 Å². The summed E-state index contributed by atoms with van der Waals surface area (Å²) in [6.07, 6.45) is 4.86. The van der Waals surface area contributed by atoms with Gasteiger partial charge in [-0.1, -0.05) is 11.8 Å². The summed E-state index contributed by atoms with van der Waals surface area (Å²) in [7, 11) is 0. The molecule has 0 aromatic carbocycles. The van der Waals surface area contributed by atoms with Crippen LogP contribution in [0.2, 0.25) is 0 Å². The molecule has 0 spiro atoms. The lowest BCUT2D eigenvalue weighted by atomic mass is 10.2. The topological polar surface area (TPSA) is 97.0 Å². The zero-order valence-corrected chi connectivity index (χ0v) is 16.1. The number of anilines is 1. The van der Waals surface area contributed by atoms with Crippen molar-refractivity contribution in [3.8, 4) is 22.9 Å². The summed E-state index contributed by atoms with van der Waals surface area (Å²) in [4.78, 5) is 24.5. The Morgan fingerprint density at radius 2 is 1.93 bits per heavy atom. The molecule has 7 nitrogen and oxygen atoms in total. The van der Waals surface area contributed by atoms with Crippen molar-refractivity contribution in [3.63, 3.8) is 0 Å². The van der Waals surface area contributed by atoms with E-state index in [1.54, 1.807) is 30.9 Å². The summed E-state index contributed by atoms with van der Waals surface area (Å²) in [5.41, 5.74) is 2.37. The molecule has 0 fully saturated rings. The number of carbonyl (C=O) groups excluding carboxylic acids is 1. The third kappa shape index (κ3) is 3.86. The highest BCUT2D eigenvalue weighted by Gasteiger charge is 2.22. The van der Waals surface area contributed by atoms with Crippen LogP contribution in [0.1, 0.15) is 12.5 Å². The Morgan fingerprint density at radius 3 is 2.61 bits per heavy atom. The van der Waals surface area contributed by atoms with Crippen molar-refractivity contribution in [2.75, 3.05) is 5.32 Å². The van der Waals surface area contributed by atoms with Crippen LogP contribution in [0.4, 0.5) is 5.82 Å². The molecule has 0 aliphatic rings. The molecular weight excluding hydrogens is 376 g/mol. The number of nitrogens with zero attached hydrogens (tertiary/aromatic N) is 2. The number of aromatic amines is 1. The maximum Gasteiger partial charge on any atom is 0.238 e. The molecule has 4 aromatic heterocycles. The molecule has 8 heteroatoms. The van der Waals surface area contributed by atoms with Crippen LogP contribution in [0, 0.1) is 6.92 Å². The molecule has 0 saturated heterocycles. The second-order valence-corrected chi connectivity index (χ2v) is 7.52. The normalized spacial score (nSPS) is 12.1. The van der Waals surface area contributed by atoms with E-state index in [9.17, 15) is 4.79 Å². The first-order valence-corrected chi connectivity index (χ1v) is 9.56. The Balaban J connectivity index is 1.54. The number of furan rings is 2. The standard InChI is InChI=1S/C20H18N4O3S/c1-12-7-8-21-16(11-12)22-19(25)13(2)28-20-23-17(14-5-3-9-26-14)18(24-20)15-6-4-10-27-15/h3-11,13H,1-2H3,(H,23,24)(H,21,22,25). The van der Waals surface area contributed by atoms with Gasteiger partial charge in [0.1, 0.15) is 17.2 Å². The van der Waals surface area contributed by atoms with E-state index in [1.807, 2.05) is 38.1 Å². The maximum atomic E-state index is 12.5.